The smallest absolute Gasteiger partial charge is 0.244 e. The summed E-state index contributed by atoms with van der Waals surface area (Å²) in [6, 6.07) is 8.63. The Kier molecular flexibility index (Phi) is 4.92. The summed E-state index contributed by atoms with van der Waals surface area (Å²) >= 11 is 4.73. The molecule has 0 fully saturated rings. The molecule has 0 bridgehead atoms. The van der Waals surface area contributed by atoms with Crippen molar-refractivity contribution < 1.29 is 8.42 Å². The molecule has 1 heterocycles. The summed E-state index contributed by atoms with van der Waals surface area (Å²) in [4.78, 5) is 4.99. The first-order valence-corrected chi connectivity index (χ1v) is 8.98. The molecule has 0 aliphatic rings. The summed E-state index contributed by atoms with van der Waals surface area (Å²) in [6.07, 6.45) is 1.67. The van der Waals surface area contributed by atoms with Crippen molar-refractivity contribution in [1.29, 1.82) is 0 Å². The van der Waals surface area contributed by atoms with E-state index in [1.165, 1.54) is 31.9 Å². The number of pyridine rings is 1. The first-order chi connectivity index (χ1) is 9.84. The van der Waals surface area contributed by atoms with Gasteiger partial charge in [-0.1, -0.05) is 17.8 Å². The van der Waals surface area contributed by atoms with Gasteiger partial charge in [-0.15, -0.1) is 0 Å². The van der Waals surface area contributed by atoms with Gasteiger partial charge in [0.2, 0.25) is 10.0 Å². The molecule has 0 saturated heterocycles. The van der Waals surface area contributed by atoms with Gasteiger partial charge in [0.05, 0.1) is 10.2 Å². The molecule has 21 heavy (non-hydrogen) atoms. The van der Waals surface area contributed by atoms with Gasteiger partial charge in [0.1, 0.15) is 9.92 Å². The Morgan fingerprint density at radius 3 is 2.57 bits per heavy atom. The number of nitrogen functional groups attached to an aromatic ring is 1. The van der Waals surface area contributed by atoms with Crippen molar-refractivity contribution in [3.8, 4) is 0 Å². The van der Waals surface area contributed by atoms with Crippen molar-refractivity contribution in [1.82, 2.24) is 9.29 Å². The molecule has 5 nitrogen and oxygen atoms in total. The van der Waals surface area contributed by atoms with E-state index in [0.717, 1.165) is 13.8 Å². The molecular formula is C13H14BrN3O2S2. The van der Waals surface area contributed by atoms with Crippen LogP contribution in [0.5, 0.6) is 0 Å². The highest BCUT2D eigenvalue weighted by Gasteiger charge is 2.22. The van der Waals surface area contributed by atoms with Gasteiger partial charge in [0.15, 0.2) is 0 Å². The number of hydrogen-bond donors (Lipinski definition) is 1. The van der Waals surface area contributed by atoms with Crippen LogP contribution in [0.1, 0.15) is 0 Å². The Labute approximate surface area is 136 Å². The second-order valence-corrected chi connectivity index (χ2v) is 8.35. The van der Waals surface area contributed by atoms with E-state index in [0.29, 0.717) is 4.90 Å². The average molecular weight is 388 g/mol. The molecule has 2 rings (SSSR count). The first kappa shape index (κ1) is 16.3. The Morgan fingerprint density at radius 1 is 1.24 bits per heavy atom. The van der Waals surface area contributed by atoms with E-state index in [1.54, 1.807) is 18.3 Å². The number of sulfonamides is 1. The Morgan fingerprint density at radius 2 is 1.95 bits per heavy atom. The maximum Gasteiger partial charge on any atom is 0.244 e. The number of halogens is 1. The number of para-hydroxylation sites is 1. The van der Waals surface area contributed by atoms with Gasteiger partial charge in [0, 0.05) is 25.2 Å². The summed E-state index contributed by atoms with van der Waals surface area (Å²) in [5.41, 5.74) is 6.27. The average Bonchev–Trinajstić information content (AvgIpc) is 2.43. The van der Waals surface area contributed by atoms with Gasteiger partial charge in [0.25, 0.3) is 0 Å². The van der Waals surface area contributed by atoms with E-state index in [2.05, 4.69) is 20.9 Å². The van der Waals surface area contributed by atoms with Crippen LogP contribution in [0, 0.1) is 0 Å². The van der Waals surface area contributed by atoms with Crippen LogP contribution >= 0.6 is 27.7 Å². The molecule has 2 aromatic rings. The standard InChI is InChI=1S/C13H14BrN3O2S2/c1-17(2)21(18,19)11-7-3-6-10(12(11)15)20-13-9(14)5-4-8-16-13/h3-8H,15H2,1-2H3. The zero-order valence-electron chi connectivity index (χ0n) is 11.4. The third-order valence-electron chi connectivity index (χ3n) is 2.72. The summed E-state index contributed by atoms with van der Waals surface area (Å²) in [5.74, 6) is 0. The number of aromatic nitrogens is 1. The molecule has 0 unspecified atom stereocenters. The third-order valence-corrected chi connectivity index (χ3v) is 6.59. The number of nitrogens with zero attached hydrogens (tertiary/aromatic N) is 2. The lowest BCUT2D eigenvalue weighted by Gasteiger charge is -2.15. The second-order valence-electron chi connectivity index (χ2n) is 4.35. The monoisotopic (exact) mass is 387 g/mol. The SMILES string of the molecule is CN(C)S(=O)(=O)c1cccc(Sc2ncccc2Br)c1N. The predicted octanol–water partition coefficient (Wildman–Crippen LogP) is 2.83. The number of anilines is 1. The minimum absolute atomic E-state index is 0.101. The molecule has 0 spiro atoms. The van der Waals surface area contributed by atoms with Crippen LogP contribution in [0.25, 0.3) is 0 Å². The lowest BCUT2D eigenvalue weighted by Crippen LogP contribution is -2.23. The highest BCUT2D eigenvalue weighted by atomic mass is 79.9. The van der Waals surface area contributed by atoms with Crippen LogP contribution in [0.2, 0.25) is 0 Å². The van der Waals surface area contributed by atoms with Gasteiger partial charge in [-0.25, -0.2) is 17.7 Å². The summed E-state index contributed by atoms with van der Waals surface area (Å²) in [6.45, 7) is 0. The van der Waals surface area contributed by atoms with E-state index in [-0.39, 0.29) is 10.6 Å². The molecule has 0 aliphatic heterocycles. The van der Waals surface area contributed by atoms with E-state index >= 15 is 0 Å². The molecular weight excluding hydrogens is 374 g/mol. The minimum Gasteiger partial charge on any atom is -0.397 e. The molecule has 2 N–H and O–H groups in total. The van der Waals surface area contributed by atoms with Crippen LogP contribution in [0.3, 0.4) is 0 Å². The fraction of sp³-hybridized carbons (Fsp3) is 0.154. The number of rotatable bonds is 4. The van der Waals surface area contributed by atoms with Gasteiger partial charge in [-0.2, -0.15) is 0 Å². The number of hydrogen-bond acceptors (Lipinski definition) is 5. The first-order valence-electron chi connectivity index (χ1n) is 5.93. The van der Waals surface area contributed by atoms with Gasteiger partial charge >= 0.3 is 0 Å². The Bertz CT molecular complexity index is 764. The molecule has 0 saturated carbocycles. The van der Waals surface area contributed by atoms with Crippen molar-refractivity contribution >= 4 is 43.4 Å². The number of nitrogens with two attached hydrogens (primary N) is 1. The summed E-state index contributed by atoms with van der Waals surface area (Å²) < 4.78 is 26.4. The quantitative estimate of drug-likeness (QED) is 0.816. The van der Waals surface area contributed by atoms with Crippen molar-refractivity contribution in [3.63, 3.8) is 0 Å². The minimum atomic E-state index is -3.57. The highest BCUT2D eigenvalue weighted by molar-refractivity contribution is 9.10. The van der Waals surface area contributed by atoms with E-state index < -0.39 is 10.0 Å². The lowest BCUT2D eigenvalue weighted by molar-refractivity contribution is 0.521. The maximum absolute atomic E-state index is 12.2. The largest absolute Gasteiger partial charge is 0.397 e. The van der Waals surface area contributed by atoms with E-state index in [9.17, 15) is 8.42 Å². The fourth-order valence-electron chi connectivity index (χ4n) is 1.58. The normalized spacial score (nSPS) is 11.8. The topological polar surface area (TPSA) is 76.3 Å². The predicted molar refractivity (Wildman–Crippen MR) is 87.8 cm³/mol. The molecule has 1 aromatic carbocycles. The van der Waals surface area contributed by atoms with Gasteiger partial charge in [-0.3, -0.25) is 0 Å². The van der Waals surface area contributed by atoms with Gasteiger partial charge in [-0.05, 0) is 40.2 Å². The maximum atomic E-state index is 12.2. The molecule has 8 heteroatoms. The van der Waals surface area contributed by atoms with Crippen LogP contribution in [0.4, 0.5) is 5.69 Å². The highest BCUT2D eigenvalue weighted by Crippen LogP contribution is 2.37. The lowest BCUT2D eigenvalue weighted by atomic mass is 10.3. The van der Waals surface area contributed by atoms with Crippen LogP contribution in [-0.4, -0.2) is 31.8 Å². The molecule has 0 radical (unpaired) electrons. The Balaban J connectivity index is 2.47. The van der Waals surface area contributed by atoms with Gasteiger partial charge < -0.3 is 5.73 Å². The van der Waals surface area contributed by atoms with Crippen LogP contribution in [0.15, 0.2) is 55.8 Å². The van der Waals surface area contributed by atoms with Crippen LogP contribution in [-0.2, 0) is 10.0 Å². The number of benzene rings is 1. The van der Waals surface area contributed by atoms with Crippen molar-refractivity contribution in [2.75, 3.05) is 19.8 Å². The Hall–Kier alpha value is -1.09. The van der Waals surface area contributed by atoms with Crippen LogP contribution < -0.4 is 5.73 Å². The second kappa shape index (κ2) is 6.35. The van der Waals surface area contributed by atoms with E-state index in [4.69, 9.17) is 5.73 Å². The zero-order chi connectivity index (χ0) is 15.6. The molecule has 1 aromatic heterocycles. The fourth-order valence-corrected chi connectivity index (χ4v) is 4.03. The zero-order valence-corrected chi connectivity index (χ0v) is 14.7. The van der Waals surface area contributed by atoms with Crippen molar-refractivity contribution in [2.24, 2.45) is 0 Å². The van der Waals surface area contributed by atoms with Crippen molar-refractivity contribution in [2.45, 2.75) is 14.8 Å². The molecule has 0 aliphatic carbocycles. The molecule has 0 amide bonds. The third kappa shape index (κ3) is 3.39. The summed E-state index contributed by atoms with van der Waals surface area (Å²) in [5, 5.41) is 0.726. The molecule has 0 atom stereocenters. The molecule has 112 valence electrons. The van der Waals surface area contributed by atoms with Crippen molar-refractivity contribution in [3.05, 3.63) is 41.0 Å². The summed E-state index contributed by atoms with van der Waals surface area (Å²) in [7, 11) is -0.617. The van der Waals surface area contributed by atoms with E-state index in [1.807, 2.05) is 12.1 Å².